The normalized spacial score (nSPS) is 15.1. The maximum atomic E-state index is 10.1. The van der Waals surface area contributed by atoms with Gasteiger partial charge in [-0.3, -0.25) is 0 Å². The fourth-order valence-corrected chi connectivity index (χ4v) is 7.91. The van der Waals surface area contributed by atoms with E-state index in [1.807, 2.05) is 66.7 Å². The van der Waals surface area contributed by atoms with Gasteiger partial charge in [0.05, 0.1) is 11.0 Å². The van der Waals surface area contributed by atoms with Crippen LogP contribution in [-0.2, 0) is 5.41 Å². The number of aromatic nitrogens is 3. The van der Waals surface area contributed by atoms with Crippen molar-refractivity contribution in [2.75, 3.05) is 0 Å². The predicted octanol–water partition coefficient (Wildman–Crippen LogP) is 9.83. The van der Waals surface area contributed by atoms with Gasteiger partial charge < -0.3 is 4.42 Å². The topological polar surface area (TPSA) is 75.6 Å². The first-order chi connectivity index (χ1) is 23.8. The smallest absolute Gasteiger partial charge is 0.164 e. The molecule has 0 amide bonds. The molecule has 2 aliphatic rings. The number of nitrogens with zero attached hydrogens (tertiary/aromatic N) is 4. The third kappa shape index (κ3) is 3.52. The molecule has 0 saturated heterocycles. The van der Waals surface area contributed by atoms with E-state index in [2.05, 4.69) is 78.9 Å². The minimum Gasteiger partial charge on any atom is -0.463 e. The van der Waals surface area contributed by atoms with Crippen LogP contribution in [0.3, 0.4) is 0 Å². The second kappa shape index (κ2) is 9.93. The standard InChI is InChI=1S/C43H24N4O/c44-24-29-25-48-37-22-21-35-39(38(29)37)32-16-8-10-18-34(32)43(35)33-17-9-7-15-30(33)31-20-19-28(23-36(31)43)42-46-40(26-11-3-1-4-12-26)45-41(47-42)27-13-5-2-6-14-27/h1-23,25H. The molecule has 2 aliphatic carbocycles. The number of hydrogen-bond donors (Lipinski definition) is 0. The van der Waals surface area contributed by atoms with Gasteiger partial charge in [0.15, 0.2) is 17.5 Å². The Kier molecular flexibility index (Phi) is 5.49. The summed E-state index contributed by atoms with van der Waals surface area (Å²) in [5, 5.41) is 11.0. The average Bonchev–Trinajstić information content (AvgIpc) is 3.81. The molecule has 222 valence electrons. The predicted molar refractivity (Wildman–Crippen MR) is 187 cm³/mol. The van der Waals surface area contributed by atoms with Gasteiger partial charge in [0.25, 0.3) is 0 Å². The third-order valence-corrected chi connectivity index (χ3v) is 9.87. The molecule has 10 rings (SSSR count). The zero-order valence-corrected chi connectivity index (χ0v) is 25.6. The Balaban J connectivity index is 1.28. The molecule has 1 atom stereocenters. The van der Waals surface area contributed by atoms with Gasteiger partial charge in [-0.2, -0.15) is 5.26 Å². The van der Waals surface area contributed by atoms with Crippen molar-refractivity contribution in [2.45, 2.75) is 5.41 Å². The SMILES string of the molecule is N#Cc1coc2ccc3c(c12)-c1ccccc1C31c2ccccc2-c2ccc(-c3nc(-c4ccccc4)nc(-c4ccccc4)n3)cc21. The average molecular weight is 613 g/mol. The first-order valence-corrected chi connectivity index (χ1v) is 15.9. The van der Waals surface area contributed by atoms with Gasteiger partial charge in [0, 0.05) is 22.1 Å². The molecule has 1 spiro atoms. The lowest BCUT2D eigenvalue weighted by atomic mass is 9.70. The van der Waals surface area contributed by atoms with E-state index in [9.17, 15) is 5.26 Å². The van der Waals surface area contributed by atoms with Crippen molar-refractivity contribution >= 4 is 11.0 Å². The van der Waals surface area contributed by atoms with Gasteiger partial charge in [0.1, 0.15) is 17.9 Å². The van der Waals surface area contributed by atoms with Crippen LogP contribution in [0.15, 0.2) is 150 Å². The summed E-state index contributed by atoms with van der Waals surface area (Å²) in [4.78, 5) is 15.0. The van der Waals surface area contributed by atoms with E-state index < -0.39 is 5.41 Å². The molecular weight excluding hydrogens is 589 g/mol. The Morgan fingerprint density at radius 2 is 1.06 bits per heavy atom. The zero-order chi connectivity index (χ0) is 31.8. The van der Waals surface area contributed by atoms with E-state index in [0.29, 0.717) is 28.6 Å². The minimum absolute atomic E-state index is 0.543. The van der Waals surface area contributed by atoms with Crippen molar-refractivity contribution < 1.29 is 4.42 Å². The summed E-state index contributed by atoms with van der Waals surface area (Å²) < 4.78 is 5.90. The van der Waals surface area contributed by atoms with E-state index in [0.717, 1.165) is 44.3 Å². The van der Waals surface area contributed by atoms with Gasteiger partial charge in [-0.1, -0.05) is 127 Å². The maximum absolute atomic E-state index is 10.1. The van der Waals surface area contributed by atoms with Crippen LogP contribution in [0.2, 0.25) is 0 Å². The molecule has 2 aromatic heterocycles. The van der Waals surface area contributed by atoms with E-state index >= 15 is 0 Å². The molecular formula is C43H24N4O. The summed E-state index contributed by atoms with van der Waals surface area (Å²) in [5.41, 5.74) is 12.7. The molecule has 8 aromatic rings. The number of furan rings is 1. The van der Waals surface area contributed by atoms with Crippen LogP contribution < -0.4 is 0 Å². The van der Waals surface area contributed by atoms with E-state index in [-0.39, 0.29) is 0 Å². The molecule has 6 aromatic carbocycles. The van der Waals surface area contributed by atoms with Gasteiger partial charge in [-0.25, -0.2) is 15.0 Å². The summed E-state index contributed by atoms with van der Waals surface area (Å²) in [6, 6.07) is 50.6. The van der Waals surface area contributed by atoms with Crippen molar-refractivity contribution in [3.63, 3.8) is 0 Å². The lowest BCUT2D eigenvalue weighted by Gasteiger charge is -2.30. The molecule has 5 nitrogen and oxygen atoms in total. The zero-order valence-electron chi connectivity index (χ0n) is 25.6. The van der Waals surface area contributed by atoms with Gasteiger partial charge in [0.2, 0.25) is 0 Å². The number of hydrogen-bond acceptors (Lipinski definition) is 5. The van der Waals surface area contributed by atoms with Crippen molar-refractivity contribution in [1.82, 2.24) is 15.0 Å². The van der Waals surface area contributed by atoms with Gasteiger partial charge in [-0.05, 0) is 56.6 Å². The van der Waals surface area contributed by atoms with Crippen molar-refractivity contribution in [3.05, 3.63) is 174 Å². The Morgan fingerprint density at radius 3 is 1.73 bits per heavy atom. The lowest BCUT2D eigenvalue weighted by molar-refractivity contribution is 0.614. The molecule has 0 N–H and O–H groups in total. The third-order valence-electron chi connectivity index (χ3n) is 9.87. The lowest BCUT2D eigenvalue weighted by Crippen LogP contribution is -2.25. The first-order valence-electron chi connectivity index (χ1n) is 15.9. The molecule has 48 heavy (non-hydrogen) atoms. The second-order valence-corrected chi connectivity index (χ2v) is 12.3. The summed E-state index contributed by atoms with van der Waals surface area (Å²) in [7, 11) is 0. The number of rotatable bonds is 3. The molecule has 0 radical (unpaired) electrons. The Hall–Kier alpha value is -6.64. The molecule has 1 unspecified atom stereocenters. The fourth-order valence-electron chi connectivity index (χ4n) is 7.91. The molecule has 2 heterocycles. The second-order valence-electron chi connectivity index (χ2n) is 12.3. The monoisotopic (exact) mass is 612 g/mol. The Morgan fingerprint density at radius 1 is 0.500 bits per heavy atom. The van der Waals surface area contributed by atoms with E-state index in [1.54, 1.807) is 6.26 Å². The van der Waals surface area contributed by atoms with Crippen LogP contribution in [0.1, 0.15) is 27.8 Å². The van der Waals surface area contributed by atoms with Crippen molar-refractivity contribution in [1.29, 1.82) is 5.26 Å². The molecule has 5 heteroatoms. The van der Waals surface area contributed by atoms with Crippen LogP contribution in [0.25, 0.3) is 67.4 Å². The van der Waals surface area contributed by atoms with Crippen LogP contribution in [0, 0.1) is 11.3 Å². The number of benzene rings is 6. The highest BCUT2D eigenvalue weighted by atomic mass is 16.3. The molecule has 0 aliphatic heterocycles. The van der Waals surface area contributed by atoms with Crippen molar-refractivity contribution in [2.24, 2.45) is 0 Å². The summed E-state index contributed by atoms with van der Waals surface area (Å²) in [6.07, 6.45) is 1.57. The van der Waals surface area contributed by atoms with Crippen molar-refractivity contribution in [3.8, 4) is 62.5 Å². The van der Waals surface area contributed by atoms with E-state index in [1.165, 1.54) is 22.3 Å². The Labute approximate surface area is 276 Å². The number of nitriles is 1. The Bertz CT molecular complexity index is 2580. The fraction of sp³-hybridized carbons (Fsp3) is 0.0233. The van der Waals surface area contributed by atoms with E-state index in [4.69, 9.17) is 19.4 Å². The minimum atomic E-state index is -0.608. The molecule has 0 saturated carbocycles. The maximum Gasteiger partial charge on any atom is 0.164 e. The van der Waals surface area contributed by atoms with Crippen LogP contribution in [0.5, 0.6) is 0 Å². The summed E-state index contributed by atoms with van der Waals surface area (Å²) in [5.74, 6) is 1.86. The molecule has 0 bridgehead atoms. The summed E-state index contributed by atoms with van der Waals surface area (Å²) in [6.45, 7) is 0. The summed E-state index contributed by atoms with van der Waals surface area (Å²) >= 11 is 0. The largest absolute Gasteiger partial charge is 0.463 e. The quantitative estimate of drug-likeness (QED) is 0.199. The molecule has 0 fully saturated rings. The van der Waals surface area contributed by atoms with Gasteiger partial charge in [-0.15, -0.1) is 0 Å². The van der Waals surface area contributed by atoms with Gasteiger partial charge >= 0.3 is 0 Å². The highest BCUT2D eigenvalue weighted by molar-refractivity contribution is 6.07. The van der Waals surface area contributed by atoms with Crippen LogP contribution >= 0.6 is 0 Å². The first kappa shape index (κ1) is 26.6. The highest BCUT2D eigenvalue weighted by Gasteiger charge is 2.52. The van der Waals surface area contributed by atoms with Crippen LogP contribution in [0.4, 0.5) is 0 Å². The highest BCUT2D eigenvalue weighted by Crippen LogP contribution is 2.64. The van der Waals surface area contributed by atoms with Crippen LogP contribution in [-0.4, -0.2) is 15.0 Å². The number of fused-ring (bicyclic) bond motifs is 12.